The van der Waals surface area contributed by atoms with Gasteiger partial charge < -0.3 is 19.9 Å². The molecule has 0 aliphatic carbocycles. The molecule has 0 heterocycles. The summed E-state index contributed by atoms with van der Waals surface area (Å²) in [6, 6.07) is 22.1. The van der Waals surface area contributed by atoms with Gasteiger partial charge in [0, 0.05) is 35.5 Å². The molecule has 3 aromatic rings. The summed E-state index contributed by atoms with van der Waals surface area (Å²) in [7, 11) is 0. The quantitative estimate of drug-likeness (QED) is 0.263. The monoisotopic (exact) mass is 449 g/mol. The van der Waals surface area contributed by atoms with Crippen LogP contribution in [0.5, 0.6) is 0 Å². The second-order valence-corrected chi connectivity index (χ2v) is 7.96. The zero-order chi connectivity index (χ0) is 23.1. The van der Waals surface area contributed by atoms with Crippen LogP contribution in [0.1, 0.15) is 23.6 Å². The van der Waals surface area contributed by atoms with Gasteiger partial charge in [0.15, 0.2) is 0 Å². The number of benzene rings is 3. The van der Waals surface area contributed by atoms with Crippen molar-refractivity contribution in [2.24, 2.45) is 5.73 Å². The van der Waals surface area contributed by atoms with Crippen molar-refractivity contribution in [2.45, 2.75) is 19.9 Å². The fourth-order valence-electron chi connectivity index (χ4n) is 3.47. The number of hydrogen-bond acceptors (Lipinski definition) is 4. The number of amidine groups is 1. The van der Waals surface area contributed by atoms with Crippen molar-refractivity contribution < 1.29 is 13.6 Å². The lowest BCUT2D eigenvalue weighted by atomic mass is 10.0. The van der Waals surface area contributed by atoms with Crippen LogP contribution in [0.2, 0.25) is 0 Å². The van der Waals surface area contributed by atoms with Gasteiger partial charge in [0.1, 0.15) is 5.84 Å². The van der Waals surface area contributed by atoms with E-state index in [2.05, 4.69) is 4.72 Å². The molecule has 8 heteroatoms. The van der Waals surface area contributed by atoms with E-state index in [-0.39, 0.29) is 18.2 Å². The summed E-state index contributed by atoms with van der Waals surface area (Å²) in [5.41, 5.74) is 9.80. The van der Waals surface area contributed by atoms with Crippen molar-refractivity contribution in [1.29, 1.82) is 5.41 Å². The number of rotatable bonds is 9. The summed E-state index contributed by atoms with van der Waals surface area (Å²) < 4.78 is 25.1. The van der Waals surface area contributed by atoms with E-state index in [1.807, 2.05) is 61.5 Å². The van der Waals surface area contributed by atoms with Crippen molar-refractivity contribution >= 4 is 28.7 Å². The minimum absolute atomic E-state index is 0.0180. The highest BCUT2D eigenvalue weighted by Gasteiger charge is 2.15. The molecule has 0 spiro atoms. The van der Waals surface area contributed by atoms with Crippen molar-refractivity contribution in [3.8, 4) is 11.1 Å². The molecule has 7 nitrogen and oxygen atoms in total. The topological polar surface area (TPSA) is 122 Å². The minimum atomic E-state index is -2.49. The number of carbonyl (C=O) groups excluding carboxylic acids is 1. The molecule has 4 N–H and O–H groups in total. The average molecular weight is 450 g/mol. The third kappa shape index (κ3) is 6.03. The van der Waals surface area contributed by atoms with Crippen molar-refractivity contribution in [3.05, 3.63) is 89.5 Å². The fraction of sp³-hybridized carbons (Fsp3) is 0.167. The van der Waals surface area contributed by atoms with E-state index in [0.717, 1.165) is 16.7 Å². The molecule has 166 valence electrons. The van der Waals surface area contributed by atoms with Crippen LogP contribution >= 0.6 is 0 Å². The largest absolute Gasteiger partial charge is 0.755 e. The SMILES string of the molecule is CCN(Cc1cccc(C(=N)N)c1)C(=O)Cc1ccc(-c2ccccc2)c(NS(=O)[O-])c1. The van der Waals surface area contributed by atoms with Crippen LogP contribution in [0.15, 0.2) is 72.8 Å². The van der Waals surface area contributed by atoms with Crippen molar-refractivity contribution in [1.82, 2.24) is 4.90 Å². The Morgan fingerprint density at radius 1 is 1.06 bits per heavy atom. The second kappa shape index (κ2) is 10.7. The Labute approximate surface area is 190 Å². The molecule has 1 amide bonds. The third-order valence-corrected chi connectivity index (χ3v) is 5.45. The second-order valence-electron chi connectivity index (χ2n) is 7.28. The molecular formula is C24H25N4O3S-. The lowest BCUT2D eigenvalue weighted by Crippen LogP contribution is -2.31. The van der Waals surface area contributed by atoms with E-state index in [1.165, 1.54) is 0 Å². The molecule has 0 bridgehead atoms. The van der Waals surface area contributed by atoms with Gasteiger partial charge in [0.2, 0.25) is 5.91 Å². The maximum absolute atomic E-state index is 13.0. The number of carbonyl (C=O) groups is 1. The standard InChI is InChI=1S/C24H26N4O3S/c1-2-28(16-18-7-6-10-20(13-18)24(25)26)23(29)15-17-11-12-21(19-8-4-3-5-9-19)22(14-17)27-32(30)31/h3-14,27H,2,15-16H2,1H3,(H3,25,26)(H,30,31)/p-1. The van der Waals surface area contributed by atoms with Gasteiger partial charge in [0.05, 0.1) is 12.1 Å². The molecule has 0 saturated carbocycles. The summed E-state index contributed by atoms with van der Waals surface area (Å²) >= 11 is -2.49. The van der Waals surface area contributed by atoms with Gasteiger partial charge in [0.25, 0.3) is 0 Å². The predicted octanol–water partition coefficient (Wildman–Crippen LogP) is 3.43. The predicted molar refractivity (Wildman–Crippen MR) is 127 cm³/mol. The van der Waals surface area contributed by atoms with Gasteiger partial charge in [-0.3, -0.25) is 14.4 Å². The van der Waals surface area contributed by atoms with Crippen LogP contribution in [0.3, 0.4) is 0 Å². The molecule has 3 aromatic carbocycles. The molecule has 0 radical (unpaired) electrons. The summed E-state index contributed by atoms with van der Waals surface area (Å²) in [6.07, 6.45) is 0.134. The number of nitrogens with two attached hydrogens (primary N) is 1. The highest BCUT2D eigenvalue weighted by atomic mass is 32.2. The average Bonchev–Trinajstić information content (AvgIpc) is 2.78. The Kier molecular flexibility index (Phi) is 7.75. The minimum Gasteiger partial charge on any atom is -0.755 e. The third-order valence-electron chi connectivity index (χ3n) is 5.06. The number of anilines is 1. The van der Waals surface area contributed by atoms with Crippen LogP contribution in [-0.4, -0.2) is 31.9 Å². The first kappa shape index (κ1) is 23.2. The van der Waals surface area contributed by atoms with Crippen molar-refractivity contribution in [2.75, 3.05) is 11.3 Å². The van der Waals surface area contributed by atoms with Gasteiger partial charge in [-0.05, 0) is 35.7 Å². The first-order valence-electron chi connectivity index (χ1n) is 10.1. The normalized spacial score (nSPS) is 11.6. The lowest BCUT2D eigenvalue weighted by Gasteiger charge is -2.22. The first-order chi connectivity index (χ1) is 15.4. The number of nitrogen functional groups attached to an aromatic ring is 1. The molecule has 32 heavy (non-hydrogen) atoms. The van der Waals surface area contributed by atoms with Crippen LogP contribution in [-0.2, 0) is 29.0 Å². The Hall–Kier alpha value is -3.49. The summed E-state index contributed by atoms with van der Waals surface area (Å²) in [5, 5.41) is 7.59. The van der Waals surface area contributed by atoms with Crippen LogP contribution in [0.25, 0.3) is 11.1 Å². The van der Waals surface area contributed by atoms with E-state index >= 15 is 0 Å². The molecule has 0 fully saturated rings. The number of amides is 1. The van der Waals surface area contributed by atoms with Gasteiger partial charge in [-0.1, -0.05) is 60.7 Å². The van der Waals surface area contributed by atoms with Gasteiger partial charge in [-0.25, -0.2) is 0 Å². The summed E-state index contributed by atoms with van der Waals surface area (Å²) in [6.45, 7) is 2.81. The first-order valence-corrected chi connectivity index (χ1v) is 11.2. The van der Waals surface area contributed by atoms with Gasteiger partial charge in [-0.15, -0.1) is 0 Å². The molecule has 0 saturated heterocycles. The number of nitrogens with one attached hydrogen (secondary N) is 2. The van der Waals surface area contributed by atoms with Crippen LogP contribution < -0.4 is 10.5 Å². The Balaban J connectivity index is 1.80. The highest BCUT2D eigenvalue weighted by molar-refractivity contribution is 7.80. The lowest BCUT2D eigenvalue weighted by molar-refractivity contribution is -0.130. The van der Waals surface area contributed by atoms with E-state index in [1.54, 1.807) is 23.1 Å². The van der Waals surface area contributed by atoms with E-state index in [9.17, 15) is 13.6 Å². The molecule has 3 rings (SSSR count). The Bertz CT molecular complexity index is 1140. The fourth-order valence-corrected chi connectivity index (χ4v) is 3.81. The van der Waals surface area contributed by atoms with E-state index < -0.39 is 11.3 Å². The molecule has 0 aliphatic heterocycles. The van der Waals surface area contributed by atoms with Gasteiger partial charge in [-0.2, -0.15) is 0 Å². The molecular weight excluding hydrogens is 424 g/mol. The van der Waals surface area contributed by atoms with Crippen LogP contribution in [0, 0.1) is 5.41 Å². The highest BCUT2D eigenvalue weighted by Crippen LogP contribution is 2.29. The summed E-state index contributed by atoms with van der Waals surface area (Å²) in [4.78, 5) is 14.7. The Morgan fingerprint density at radius 2 is 1.81 bits per heavy atom. The van der Waals surface area contributed by atoms with Gasteiger partial charge >= 0.3 is 0 Å². The number of nitrogens with zero attached hydrogens (tertiary/aromatic N) is 1. The molecule has 1 atom stereocenters. The zero-order valence-electron chi connectivity index (χ0n) is 17.7. The molecule has 0 aromatic heterocycles. The summed E-state index contributed by atoms with van der Waals surface area (Å²) in [5.74, 6) is -0.0992. The maximum atomic E-state index is 13.0. The molecule has 1 unspecified atom stereocenters. The number of hydrogen-bond donors (Lipinski definition) is 3. The molecule has 0 aliphatic rings. The van der Waals surface area contributed by atoms with Crippen LogP contribution in [0.4, 0.5) is 5.69 Å². The number of likely N-dealkylation sites (N-methyl/N-ethyl adjacent to an activating group) is 1. The van der Waals surface area contributed by atoms with E-state index in [0.29, 0.717) is 29.9 Å². The maximum Gasteiger partial charge on any atom is 0.227 e. The smallest absolute Gasteiger partial charge is 0.227 e. The van der Waals surface area contributed by atoms with Crippen molar-refractivity contribution in [3.63, 3.8) is 0 Å². The Morgan fingerprint density at radius 3 is 2.47 bits per heavy atom. The van der Waals surface area contributed by atoms with E-state index in [4.69, 9.17) is 11.1 Å². The zero-order valence-corrected chi connectivity index (χ0v) is 18.5.